The van der Waals surface area contributed by atoms with Crippen molar-refractivity contribution in [1.82, 2.24) is 5.32 Å². The Morgan fingerprint density at radius 3 is 3.00 bits per heavy atom. The van der Waals surface area contributed by atoms with Crippen LogP contribution in [0.4, 0.5) is 0 Å². The van der Waals surface area contributed by atoms with Crippen LogP contribution in [0.1, 0.15) is 31.2 Å². The summed E-state index contributed by atoms with van der Waals surface area (Å²) in [7, 11) is 0. The van der Waals surface area contributed by atoms with Crippen molar-refractivity contribution in [2.45, 2.75) is 38.3 Å². The van der Waals surface area contributed by atoms with E-state index in [0.29, 0.717) is 5.92 Å². The van der Waals surface area contributed by atoms with Crippen molar-refractivity contribution in [3.8, 4) is 0 Å². The molecule has 0 spiro atoms. The van der Waals surface area contributed by atoms with Gasteiger partial charge in [0.25, 0.3) is 0 Å². The molecule has 0 saturated heterocycles. The van der Waals surface area contributed by atoms with Crippen LogP contribution in [0.15, 0.2) is 16.8 Å². The Morgan fingerprint density at radius 2 is 2.27 bits per heavy atom. The summed E-state index contributed by atoms with van der Waals surface area (Å²) in [5.74, 6) is 0.470. The second-order valence-corrected chi connectivity index (χ2v) is 5.15. The number of rotatable bonds is 4. The third kappa shape index (κ3) is 3.30. The molecule has 1 aliphatic rings. The Labute approximate surface area is 95.3 Å². The number of aliphatic hydroxyl groups is 1. The van der Waals surface area contributed by atoms with Gasteiger partial charge in [-0.05, 0) is 41.1 Å². The number of thiophene rings is 1. The van der Waals surface area contributed by atoms with Crippen molar-refractivity contribution >= 4 is 11.3 Å². The highest BCUT2D eigenvalue weighted by Gasteiger charge is 2.22. The fourth-order valence-electron chi connectivity index (χ4n) is 2.22. The second kappa shape index (κ2) is 5.64. The molecule has 2 nitrogen and oxygen atoms in total. The highest BCUT2D eigenvalue weighted by Crippen LogP contribution is 2.23. The Hall–Kier alpha value is -0.380. The number of hydrogen-bond donors (Lipinski definition) is 2. The molecule has 1 saturated carbocycles. The minimum Gasteiger partial charge on any atom is -0.393 e. The molecule has 2 rings (SSSR count). The average Bonchev–Trinajstić information content (AvgIpc) is 2.74. The summed E-state index contributed by atoms with van der Waals surface area (Å²) >= 11 is 1.74. The van der Waals surface area contributed by atoms with Gasteiger partial charge in [-0.3, -0.25) is 0 Å². The Morgan fingerprint density at radius 1 is 1.40 bits per heavy atom. The average molecular weight is 225 g/mol. The van der Waals surface area contributed by atoms with E-state index in [-0.39, 0.29) is 6.10 Å². The Kier molecular flexibility index (Phi) is 4.18. The summed E-state index contributed by atoms with van der Waals surface area (Å²) in [4.78, 5) is 0. The van der Waals surface area contributed by atoms with Crippen molar-refractivity contribution in [3.05, 3.63) is 22.4 Å². The lowest BCUT2D eigenvalue weighted by Gasteiger charge is -2.27. The smallest absolute Gasteiger partial charge is 0.0580 e. The van der Waals surface area contributed by atoms with Gasteiger partial charge in [-0.1, -0.05) is 12.8 Å². The zero-order valence-corrected chi connectivity index (χ0v) is 9.80. The van der Waals surface area contributed by atoms with E-state index in [9.17, 15) is 5.11 Å². The largest absolute Gasteiger partial charge is 0.393 e. The van der Waals surface area contributed by atoms with Crippen LogP contribution in [-0.2, 0) is 6.54 Å². The molecule has 2 atom stereocenters. The van der Waals surface area contributed by atoms with Crippen LogP contribution >= 0.6 is 11.3 Å². The quantitative estimate of drug-likeness (QED) is 0.824. The summed E-state index contributed by atoms with van der Waals surface area (Å²) in [6, 6.07) is 2.15. The molecule has 1 aromatic heterocycles. The van der Waals surface area contributed by atoms with Crippen molar-refractivity contribution in [3.63, 3.8) is 0 Å². The summed E-state index contributed by atoms with van der Waals surface area (Å²) in [6.45, 7) is 1.89. The zero-order valence-electron chi connectivity index (χ0n) is 8.98. The summed E-state index contributed by atoms with van der Waals surface area (Å²) in [5, 5.41) is 17.5. The molecule has 2 N–H and O–H groups in total. The SMILES string of the molecule is OC1CCCCC1CNCc1ccsc1. The normalized spacial score (nSPS) is 26.7. The van der Waals surface area contributed by atoms with Crippen LogP contribution in [0.3, 0.4) is 0 Å². The van der Waals surface area contributed by atoms with Crippen molar-refractivity contribution in [1.29, 1.82) is 0 Å². The molecule has 0 amide bonds. The minimum absolute atomic E-state index is 0.0753. The molecule has 84 valence electrons. The predicted molar refractivity (Wildman–Crippen MR) is 64.0 cm³/mol. The maximum absolute atomic E-state index is 9.79. The second-order valence-electron chi connectivity index (χ2n) is 4.37. The van der Waals surface area contributed by atoms with Crippen LogP contribution in [-0.4, -0.2) is 17.8 Å². The van der Waals surface area contributed by atoms with Crippen LogP contribution < -0.4 is 5.32 Å². The Bertz CT molecular complexity index is 273. The first-order valence-corrected chi connectivity index (χ1v) is 6.70. The van der Waals surface area contributed by atoms with Gasteiger partial charge in [-0.2, -0.15) is 11.3 Å². The lowest BCUT2D eigenvalue weighted by Crippen LogP contribution is -2.33. The highest BCUT2D eigenvalue weighted by atomic mass is 32.1. The van der Waals surface area contributed by atoms with Gasteiger partial charge in [0, 0.05) is 13.1 Å². The molecule has 1 aliphatic carbocycles. The number of hydrogen-bond acceptors (Lipinski definition) is 3. The molecule has 1 heterocycles. The van der Waals surface area contributed by atoms with Crippen LogP contribution in [0, 0.1) is 5.92 Å². The first-order chi connectivity index (χ1) is 7.36. The van der Waals surface area contributed by atoms with Gasteiger partial charge in [0.2, 0.25) is 0 Å². The van der Waals surface area contributed by atoms with Gasteiger partial charge in [-0.15, -0.1) is 0 Å². The van der Waals surface area contributed by atoms with Crippen molar-refractivity contribution in [2.24, 2.45) is 5.92 Å². The lowest BCUT2D eigenvalue weighted by molar-refractivity contribution is 0.0695. The molecule has 0 aliphatic heterocycles. The van der Waals surface area contributed by atoms with E-state index in [1.807, 2.05) is 0 Å². The molecular formula is C12H19NOS. The van der Waals surface area contributed by atoms with E-state index in [4.69, 9.17) is 0 Å². The number of nitrogens with one attached hydrogen (secondary N) is 1. The first-order valence-electron chi connectivity index (χ1n) is 5.76. The molecule has 15 heavy (non-hydrogen) atoms. The third-order valence-electron chi connectivity index (χ3n) is 3.18. The molecular weight excluding hydrogens is 206 g/mol. The standard InChI is InChI=1S/C12H19NOS/c14-12-4-2-1-3-11(12)8-13-7-10-5-6-15-9-10/h5-6,9,11-14H,1-4,7-8H2. The van der Waals surface area contributed by atoms with Crippen LogP contribution in [0.2, 0.25) is 0 Å². The maximum atomic E-state index is 9.79. The summed E-state index contributed by atoms with van der Waals surface area (Å²) in [5.41, 5.74) is 1.35. The molecule has 2 unspecified atom stereocenters. The summed E-state index contributed by atoms with van der Waals surface area (Å²) < 4.78 is 0. The van der Waals surface area contributed by atoms with Gasteiger partial charge < -0.3 is 10.4 Å². The predicted octanol–water partition coefficient (Wildman–Crippen LogP) is 2.39. The van der Waals surface area contributed by atoms with Gasteiger partial charge in [0.05, 0.1) is 6.10 Å². The molecule has 0 aromatic carbocycles. The molecule has 1 aromatic rings. The van der Waals surface area contributed by atoms with Gasteiger partial charge in [0.1, 0.15) is 0 Å². The maximum Gasteiger partial charge on any atom is 0.0580 e. The van der Waals surface area contributed by atoms with E-state index in [0.717, 1.165) is 19.5 Å². The monoisotopic (exact) mass is 225 g/mol. The molecule has 3 heteroatoms. The van der Waals surface area contributed by atoms with Gasteiger partial charge in [0.15, 0.2) is 0 Å². The zero-order chi connectivity index (χ0) is 10.5. The molecule has 0 bridgehead atoms. The van der Waals surface area contributed by atoms with Gasteiger partial charge >= 0.3 is 0 Å². The van der Waals surface area contributed by atoms with E-state index >= 15 is 0 Å². The first kappa shape index (κ1) is 11.1. The van der Waals surface area contributed by atoms with E-state index < -0.39 is 0 Å². The van der Waals surface area contributed by atoms with Crippen LogP contribution in [0.25, 0.3) is 0 Å². The highest BCUT2D eigenvalue weighted by molar-refractivity contribution is 7.07. The lowest BCUT2D eigenvalue weighted by atomic mass is 9.86. The van der Waals surface area contributed by atoms with E-state index in [1.165, 1.54) is 24.8 Å². The fraction of sp³-hybridized carbons (Fsp3) is 0.667. The van der Waals surface area contributed by atoms with Crippen molar-refractivity contribution in [2.75, 3.05) is 6.54 Å². The van der Waals surface area contributed by atoms with Gasteiger partial charge in [-0.25, -0.2) is 0 Å². The topological polar surface area (TPSA) is 32.3 Å². The minimum atomic E-state index is -0.0753. The molecule has 1 fully saturated rings. The Balaban J connectivity index is 1.68. The van der Waals surface area contributed by atoms with Crippen LogP contribution in [0.5, 0.6) is 0 Å². The fourth-order valence-corrected chi connectivity index (χ4v) is 2.89. The van der Waals surface area contributed by atoms with Crippen molar-refractivity contribution < 1.29 is 5.11 Å². The van der Waals surface area contributed by atoms with E-state index in [1.54, 1.807) is 11.3 Å². The summed E-state index contributed by atoms with van der Waals surface area (Å²) in [6.07, 6.45) is 4.57. The number of aliphatic hydroxyl groups excluding tert-OH is 1. The van der Waals surface area contributed by atoms with E-state index in [2.05, 4.69) is 22.1 Å². The third-order valence-corrected chi connectivity index (χ3v) is 3.92. The molecule has 0 radical (unpaired) electrons.